The summed E-state index contributed by atoms with van der Waals surface area (Å²) in [6.45, 7) is -0.362. The van der Waals surface area contributed by atoms with Crippen molar-refractivity contribution in [2.75, 3.05) is 6.54 Å². The van der Waals surface area contributed by atoms with Crippen LogP contribution in [0.1, 0.15) is 16.7 Å². The van der Waals surface area contributed by atoms with E-state index in [1.165, 1.54) is 0 Å². The second-order valence-electron chi connectivity index (χ2n) is 7.52. The van der Waals surface area contributed by atoms with Crippen LogP contribution in [0.15, 0.2) is 91.0 Å². The first-order chi connectivity index (χ1) is 16.0. The topological polar surface area (TPSA) is 108 Å². The Morgan fingerprint density at radius 3 is 1.85 bits per heavy atom. The van der Waals surface area contributed by atoms with Gasteiger partial charge in [0, 0.05) is 6.54 Å². The summed E-state index contributed by atoms with van der Waals surface area (Å²) in [6, 6.07) is 25.4. The predicted molar refractivity (Wildman–Crippen MR) is 121 cm³/mol. The van der Waals surface area contributed by atoms with Crippen molar-refractivity contribution in [3.8, 4) is 0 Å². The Morgan fingerprint density at radius 1 is 0.788 bits per heavy atom. The van der Waals surface area contributed by atoms with E-state index in [0.29, 0.717) is 11.1 Å². The van der Waals surface area contributed by atoms with Crippen molar-refractivity contribution in [2.45, 2.75) is 12.1 Å². The average molecular weight is 442 g/mol. The van der Waals surface area contributed by atoms with E-state index in [2.05, 4.69) is 16.0 Å². The fourth-order valence-corrected chi connectivity index (χ4v) is 3.79. The van der Waals surface area contributed by atoms with E-state index in [0.717, 1.165) is 10.5 Å². The Balaban J connectivity index is 1.49. The zero-order valence-corrected chi connectivity index (χ0v) is 17.7. The van der Waals surface area contributed by atoms with Crippen LogP contribution in [-0.2, 0) is 21.7 Å². The van der Waals surface area contributed by atoms with Crippen LogP contribution in [0.2, 0.25) is 0 Å². The minimum absolute atomic E-state index is 0.230. The molecule has 0 bridgehead atoms. The molecule has 166 valence electrons. The molecule has 3 N–H and O–H groups in total. The highest BCUT2D eigenvalue weighted by molar-refractivity contribution is 6.12. The molecule has 1 saturated heterocycles. The minimum Gasteiger partial charge on any atom is -0.334 e. The van der Waals surface area contributed by atoms with Crippen molar-refractivity contribution in [3.63, 3.8) is 0 Å². The van der Waals surface area contributed by atoms with E-state index >= 15 is 0 Å². The van der Waals surface area contributed by atoms with Crippen molar-refractivity contribution in [1.29, 1.82) is 0 Å². The first kappa shape index (κ1) is 21.8. The van der Waals surface area contributed by atoms with Gasteiger partial charge in [-0.05, 0) is 16.7 Å². The molecule has 0 spiro atoms. The molecule has 0 unspecified atom stereocenters. The van der Waals surface area contributed by atoms with Crippen LogP contribution < -0.4 is 16.0 Å². The van der Waals surface area contributed by atoms with E-state index in [4.69, 9.17) is 0 Å². The second kappa shape index (κ2) is 9.35. The maximum absolute atomic E-state index is 13.5. The van der Waals surface area contributed by atoms with Crippen LogP contribution in [0.3, 0.4) is 0 Å². The third kappa shape index (κ3) is 4.45. The van der Waals surface area contributed by atoms with Gasteiger partial charge in [0.1, 0.15) is 6.54 Å². The van der Waals surface area contributed by atoms with Gasteiger partial charge in [0.05, 0.1) is 0 Å². The molecule has 3 aromatic carbocycles. The zero-order chi connectivity index (χ0) is 23.3. The van der Waals surface area contributed by atoms with Gasteiger partial charge in [0.25, 0.3) is 5.91 Å². The number of nitrogens with one attached hydrogen (secondary N) is 3. The van der Waals surface area contributed by atoms with Gasteiger partial charge in [-0.1, -0.05) is 91.0 Å². The molecular weight excluding hydrogens is 420 g/mol. The molecular formula is C25H22N4O4. The highest BCUT2D eigenvalue weighted by atomic mass is 16.2. The lowest BCUT2D eigenvalue weighted by Gasteiger charge is -2.27. The highest BCUT2D eigenvalue weighted by Crippen LogP contribution is 2.35. The summed E-state index contributed by atoms with van der Waals surface area (Å²) in [6.07, 6.45) is 0. The van der Waals surface area contributed by atoms with Crippen LogP contribution in [0.25, 0.3) is 0 Å². The van der Waals surface area contributed by atoms with Crippen molar-refractivity contribution in [3.05, 3.63) is 108 Å². The maximum atomic E-state index is 13.5. The third-order valence-electron chi connectivity index (χ3n) is 5.37. The molecule has 1 aliphatic rings. The minimum atomic E-state index is -1.46. The largest absolute Gasteiger partial charge is 0.334 e. The molecule has 1 fully saturated rings. The third-order valence-corrected chi connectivity index (χ3v) is 5.37. The Labute approximate surface area is 190 Å². The first-order valence-corrected chi connectivity index (χ1v) is 10.4. The highest BCUT2D eigenvalue weighted by Gasteiger charge is 2.54. The van der Waals surface area contributed by atoms with Crippen LogP contribution in [0.4, 0.5) is 9.59 Å². The number of imide groups is 2. The molecule has 6 amide bonds. The SMILES string of the molecule is O=C(CN1C(=O)NC(c2ccccc2)(c2ccccc2)C1=O)NC(=O)NCc1ccccc1. The summed E-state index contributed by atoms with van der Waals surface area (Å²) in [4.78, 5) is 51.7. The second-order valence-corrected chi connectivity index (χ2v) is 7.52. The molecule has 0 radical (unpaired) electrons. The Morgan fingerprint density at radius 2 is 1.30 bits per heavy atom. The molecule has 0 aromatic heterocycles. The number of benzene rings is 3. The van der Waals surface area contributed by atoms with Crippen LogP contribution in [-0.4, -0.2) is 35.3 Å². The van der Waals surface area contributed by atoms with E-state index in [1.807, 2.05) is 42.5 Å². The maximum Gasteiger partial charge on any atom is 0.326 e. The van der Waals surface area contributed by atoms with E-state index in [1.54, 1.807) is 48.5 Å². The smallest absolute Gasteiger partial charge is 0.326 e. The number of nitrogens with zero attached hydrogens (tertiary/aromatic N) is 1. The average Bonchev–Trinajstić information content (AvgIpc) is 3.10. The summed E-state index contributed by atoms with van der Waals surface area (Å²) >= 11 is 0. The molecule has 1 aliphatic heterocycles. The molecule has 1 heterocycles. The van der Waals surface area contributed by atoms with Crippen molar-refractivity contribution < 1.29 is 19.2 Å². The fraction of sp³-hybridized carbons (Fsp3) is 0.120. The van der Waals surface area contributed by atoms with Gasteiger partial charge in [-0.25, -0.2) is 9.59 Å². The summed E-state index contributed by atoms with van der Waals surface area (Å²) in [5.74, 6) is -1.37. The van der Waals surface area contributed by atoms with Crippen LogP contribution >= 0.6 is 0 Å². The standard InChI is InChI=1S/C25H22N4O4/c30-21(27-23(32)26-16-18-10-4-1-5-11-18)17-29-22(31)25(28-24(29)33,19-12-6-2-7-13-19)20-14-8-3-9-15-20/h1-15H,16-17H2,(H,28,33)(H2,26,27,30,32). The lowest BCUT2D eigenvalue weighted by Crippen LogP contribution is -2.47. The van der Waals surface area contributed by atoms with Gasteiger partial charge < -0.3 is 10.6 Å². The molecule has 0 aliphatic carbocycles. The van der Waals surface area contributed by atoms with Crippen molar-refractivity contribution in [2.24, 2.45) is 0 Å². The lowest BCUT2D eigenvalue weighted by atomic mass is 9.82. The molecule has 0 saturated carbocycles. The van der Waals surface area contributed by atoms with Crippen molar-refractivity contribution in [1.82, 2.24) is 20.9 Å². The zero-order valence-electron chi connectivity index (χ0n) is 17.7. The molecule has 4 rings (SSSR count). The van der Waals surface area contributed by atoms with Gasteiger partial charge in [0.15, 0.2) is 5.54 Å². The molecule has 8 heteroatoms. The molecule has 33 heavy (non-hydrogen) atoms. The number of carbonyl (C=O) groups is 4. The van der Waals surface area contributed by atoms with Crippen molar-refractivity contribution >= 4 is 23.9 Å². The predicted octanol–water partition coefficient (Wildman–Crippen LogP) is 2.51. The quantitative estimate of drug-likeness (QED) is 0.510. The Kier molecular flexibility index (Phi) is 6.17. The molecule has 0 atom stereocenters. The first-order valence-electron chi connectivity index (χ1n) is 10.4. The summed E-state index contributed by atoms with van der Waals surface area (Å²) < 4.78 is 0. The summed E-state index contributed by atoms with van der Waals surface area (Å²) in [7, 11) is 0. The lowest BCUT2D eigenvalue weighted by molar-refractivity contribution is -0.134. The Hall–Kier alpha value is -4.46. The number of hydrogen-bond acceptors (Lipinski definition) is 4. The molecule has 8 nitrogen and oxygen atoms in total. The van der Waals surface area contributed by atoms with Gasteiger partial charge in [0.2, 0.25) is 5.91 Å². The van der Waals surface area contributed by atoms with Crippen LogP contribution in [0.5, 0.6) is 0 Å². The van der Waals surface area contributed by atoms with Gasteiger partial charge >= 0.3 is 12.1 Å². The number of hydrogen-bond donors (Lipinski definition) is 3. The van der Waals surface area contributed by atoms with Gasteiger partial charge in [-0.2, -0.15) is 0 Å². The van der Waals surface area contributed by atoms with Gasteiger partial charge in [-0.15, -0.1) is 0 Å². The fourth-order valence-electron chi connectivity index (χ4n) is 3.79. The number of urea groups is 2. The molecule has 3 aromatic rings. The van der Waals surface area contributed by atoms with E-state index in [-0.39, 0.29) is 6.54 Å². The normalized spacial score (nSPS) is 14.5. The summed E-state index contributed by atoms with van der Waals surface area (Å²) in [5.41, 5.74) is 0.538. The van der Waals surface area contributed by atoms with E-state index in [9.17, 15) is 19.2 Å². The monoisotopic (exact) mass is 442 g/mol. The number of rotatable bonds is 6. The van der Waals surface area contributed by atoms with Crippen LogP contribution in [0, 0.1) is 0 Å². The van der Waals surface area contributed by atoms with E-state index < -0.39 is 36.0 Å². The number of carbonyl (C=O) groups excluding carboxylic acids is 4. The van der Waals surface area contributed by atoms with Gasteiger partial charge in [-0.3, -0.25) is 19.8 Å². The number of amides is 6. The summed E-state index contributed by atoms with van der Waals surface area (Å²) in [5, 5.41) is 7.49. The Bertz CT molecular complexity index is 1130.